The Hall–Kier alpha value is -1.52. The molecule has 17 heavy (non-hydrogen) atoms. The van der Waals surface area contributed by atoms with E-state index in [4.69, 9.17) is 0 Å². The summed E-state index contributed by atoms with van der Waals surface area (Å²) in [5.74, 6) is -0.0548. The second kappa shape index (κ2) is 5.21. The SMILES string of the molecule is CC(C)CNC(=O)c1ccc(C(F)(F)F)cc1. The Kier molecular flexibility index (Phi) is 4.15. The summed E-state index contributed by atoms with van der Waals surface area (Å²) < 4.78 is 36.8. The second-order valence-electron chi connectivity index (χ2n) is 4.18. The van der Waals surface area contributed by atoms with Gasteiger partial charge in [-0.25, -0.2) is 0 Å². The Labute approximate surface area is 97.8 Å². The van der Waals surface area contributed by atoms with Crippen molar-refractivity contribution < 1.29 is 18.0 Å². The van der Waals surface area contributed by atoms with Crippen LogP contribution in [0.2, 0.25) is 0 Å². The predicted molar refractivity (Wildman–Crippen MR) is 58.6 cm³/mol. The summed E-state index contributed by atoms with van der Waals surface area (Å²) in [5.41, 5.74) is -0.517. The fourth-order valence-electron chi connectivity index (χ4n) is 1.21. The Morgan fingerprint density at radius 2 is 1.76 bits per heavy atom. The van der Waals surface area contributed by atoms with Gasteiger partial charge >= 0.3 is 6.18 Å². The Morgan fingerprint density at radius 1 is 1.24 bits per heavy atom. The summed E-state index contributed by atoms with van der Waals surface area (Å²) in [6.45, 7) is 4.37. The van der Waals surface area contributed by atoms with Gasteiger partial charge in [-0.1, -0.05) is 13.8 Å². The largest absolute Gasteiger partial charge is 0.416 e. The third-order valence-corrected chi connectivity index (χ3v) is 2.15. The fourth-order valence-corrected chi connectivity index (χ4v) is 1.21. The van der Waals surface area contributed by atoms with Gasteiger partial charge < -0.3 is 5.32 Å². The smallest absolute Gasteiger partial charge is 0.352 e. The molecular weight excluding hydrogens is 231 g/mol. The lowest BCUT2D eigenvalue weighted by Gasteiger charge is -2.09. The highest BCUT2D eigenvalue weighted by molar-refractivity contribution is 5.94. The number of carbonyl (C=O) groups is 1. The summed E-state index contributed by atoms with van der Waals surface area (Å²) >= 11 is 0. The van der Waals surface area contributed by atoms with Crippen LogP contribution in [0.5, 0.6) is 0 Å². The van der Waals surface area contributed by atoms with Gasteiger partial charge in [0, 0.05) is 12.1 Å². The van der Waals surface area contributed by atoms with Crippen molar-refractivity contribution in [3.8, 4) is 0 Å². The van der Waals surface area contributed by atoms with E-state index in [-0.39, 0.29) is 11.5 Å². The zero-order valence-corrected chi connectivity index (χ0v) is 9.64. The maximum atomic E-state index is 12.3. The minimum Gasteiger partial charge on any atom is -0.352 e. The number of hydrogen-bond acceptors (Lipinski definition) is 1. The highest BCUT2D eigenvalue weighted by atomic mass is 19.4. The lowest BCUT2D eigenvalue weighted by Crippen LogP contribution is -2.27. The topological polar surface area (TPSA) is 29.1 Å². The van der Waals surface area contributed by atoms with E-state index >= 15 is 0 Å². The minimum atomic E-state index is -4.37. The van der Waals surface area contributed by atoms with Gasteiger partial charge in [-0.2, -0.15) is 13.2 Å². The quantitative estimate of drug-likeness (QED) is 0.871. The van der Waals surface area contributed by atoms with E-state index in [0.29, 0.717) is 12.5 Å². The molecule has 1 N–H and O–H groups in total. The van der Waals surface area contributed by atoms with Crippen LogP contribution in [-0.4, -0.2) is 12.5 Å². The lowest BCUT2D eigenvalue weighted by atomic mass is 10.1. The van der Waals surface area contributed by atoms with Crippen LogP contribution in [0.4, 0.5) is 13.2 Å². The van der Waals surface area contributed by atoms with Crippen molar-refractivity contribution in [1.82, 2.24) is 5.32 Å². The molecule has 0 aliphatic carbocycles. The number of carbonyl (C=O) groups excluding carboxylic acids is 1. The van der Waals surface area contributed by atoms with Gasteiger partial charge in [0.15, 0.2) is 0 Å². The van der Waals surface area contributed by atoms with Crippen LogP contribution in [0.3, 0.4) is 0 Å². The average Bonchev–Trinajstić information content (AvgIpc) is 2.25. The Bertz CT molecular complexity index is 382. The molecule has 0 saturated carbocycles. The van der Waals surface area contributed by atoms with Gasteiger partial charge in [0.1, 0.15) is 0 Å². The van der Waals surface area contributed by atoms with Crippen molar-refractivity contribution in [3.05, 3.63) is 35.4 Å². The molecule has 0 aliphatic rings. The number of benzene rings is 1. The Balaban J connectivity index is 2.71. The molecular formula is C12H14F3NO. The molecule has 0 spiro atoms. The molecule has 0 heterocycles. The minimum absolute atomic E-state index is 0.235. The summed E-state index contributed by atoms with van der Waals surface area (Å²) in [7, 11) is 0. The van der Waals surface area contributed by atoms with E-state index in [0.717, 1.165) is 12.1 Å². The molecule has 0 unspecified atom stereocenters. The first-order valence-electron chi connectivity index (χ1n) is 5.26. The van der Waals surface area contributed by atoms with E-state index in [2.05, 4.69) is 5.32 Å². The number of amides is 1. The van der Waals surface area contributed by atoms with Gasteiger partial charge in [0.25, 0.3) is 5.91 Å². The first-order chi connectivity index (χ1) is 7.80. The Morgan fingerprint density at radius 3 is 2.18 bits per heavy atom. The molecule has 0 atom stereocenters. The molecule has 1 aromatic rings. The highest BCUT2D eigenvalue weighted by Crippen LogP contribution is 2.28. The van der Waals surface area contributed by atoms with E-state index in [9.17, 15) is 18.0 Å². The zero-order valence-electron chi connectivity index (χ0n) is 9.64. The number of hydrogen-bond donors (Lipinski definition) is 1. The number of alkyl halides is 3. The molecule has 1 rings (SSSR count). The molecule has 1 amide bonds. The molecule has 0 radical (unpaired) electrons. The standard InChI is InChI=1S/C12H14F3NO/c1-8(2)7-16-11(17)9-3-5-10(6-4-9)12(13,14)15/h3-6,8H,7H2,1-2H3,(H,16,17). The first-order valence-corrected chi connectivity index (χ1v) is 5.26. The van der Waals surface area contributed by atoms with Crippen LogP contribution in [0.25, 0.3) is 0 Å². The van der Waals surface area contributed by atoms with Crippen LogP contribution >= 0.6 is 0 Å². The van der Waals surface area contributed by atoms with Gasteiger partial charge in [-0.15, -0.1) is 0 Å². The number of halogens is 3. The van der Waals surface area contributed by atoms with Crippen LogP contribution in [0.15, 0.2) is 24.3 Å². The maximum Gasteiger partial charge on any atom is 0.416 e. The third kappa shape index (κ3) is 4.09. The highest BCUT2D eigenvalue weighted by Gasteiger charge is 2.30. The van der Waals surface area contributed by atoms with Gasteiger partial charge in [-0.3, -0.25) is 4.79 Å². The predicted octanol–water partition coefficient (Wildman–Crippen LogP) is 3.09. The van der Waals surface area contributed by atoms with Crippen molar-refractivity contribution in [2.24, 2.45) is 5.92 Å². The van der Waals surface area contributed by atoms with Crippen molar-refractivity contribution >= 4 is 5.91 Å². The molecule has 0 fully saturated rings. The first kappa shape index (κ1) is 13.5. The maximum absolute atomic E-state index is 12.3. The summed E-state index contributed by atoms with van der Waals surface area (Å²) in [5, 5.41) is 2.64. The van der Waals surface area contributed by atoms with E-state index in [1.54, 1.807) is 0 Å². The van der Waals surface area contributed by atoms with Crippen LogP contribution < -0.4 is 5.32 Å². The van der Waals surface area contributed by atoms with E-state index in [1.165, 1.54) is 12.1 Å². The van der Waals surface area contributed by atoms with E-state index in [1.807, 2.05) is 13.8 Å². The van der Waals surface area contributed by atoms with Crippen molar-refractivity contribution in [1.29, 1.82) is 0 Å². The third-order valence-electron chi connectivity index (χ3n) is 2.15. The monoisotopic (exact) mass is 245 g/mol. The summed E-state index contributed by atoms with van der Waals surface area (Å²) in [4.78, 5) is 11.5. The fraction of sp³-hybridized carbons (Fsp3) is 0.417. The second-order valence-corrected chi connectivity index (χ2v) is 4.18. The molecule has 0 aromatic heterocycles. The van der Waals surface area contributed by atoms with Crippen LogP contribution in [0, 0.1) is 5.92 Å². The van der Waals surface area contributed by atoms with Gasteiger partial charge in [0.05, 0.1) is 5.56 Å². The lowest BCUT2D eigenvalue weighted by molar-refractivity contribution is -0.137. The molecule has 0 bridgehead atoms. The van der Waals surface area contributed by atoms with Crippen LogP contribution in [-0.2, 0) is 6.18 Å². The molecule has 0 aliphatic heterocycles. The van der Waals surface area contributed by atoms with Gasteiger partial charge in [0.2, 0.25) is 0 Å². The van der Waals surface area contributed by atoms with Crippen molar-refractivity contribution in [2.45, 2.75) is 20.0 Å². The molecule has 94 valence electrons. The summed E-state index contributed by atoms with van der Waals surface area (Å²) in [6, 6.07) is 4.17. The average molecular weight is 245 g/mol. The molecule has 0 saturated heterocycles. The van der Waals surface area contributed by atoms with Gasteiger partial charge in [-0.05, 0) is 30.2 Å². The zero-order chi connectivity index (χ0) is 13.1. The van der Waals surface area contributed by atoms with Crippen molar-refractivity contribution in [3.63, 3.8) is 0 Å². The van der Waals surface area contributed by atoms with E-state index < -0.39 is 11.7 Å². The molecule has 2 nitrogen and oxygen atoms in total. The number of nitrogens with one attached hydrogen (secondary N) is 1. The summed E-state index contributed by atoms with van der Waals surface area (Å²) in [6.07, 6.45) is -4.37. The molecule has 1 aromatic carbocycles. The van der Waals surface area contributed by atoms with Crippen LogP contribution in [0.1, 0.15) is 29.8 Å². The normalized spacial score (nSPS) is 11.6. The number of rotatable bonds is 3. The van der Waals surface area contributed by atoms with Crippen molar-refractivity contribution in [2.75, 3.05) is 6.54 Å². The molecule has 5 heteroatoms.